The van der Waals surface area contributed by atoms with Crippen molar-refractivity contribution in [1.29, 1.82) is 0 Å². The van der Waals surface area contributed by atoms with Gasteiger partial charge in [-0.05, 0) is 31.2 Å². The summed E-state index contributed by atoms with van der Waals surface area (Å²) in [7, 11) is 0. The van der Waals surface area contributed by atoms with Crippen molar-refractivity contribution in [1.82, 2.24) is 10.2 Å². The van der Waals surface area contributed by atoms with Gasteiger partial charge in [0.15, 0.2) is 0 Å². The highest BCUT2D eigenvalue weighted by atomic mass is 79.9. The van der Waals surface area contributed by atoms with Gasteiger partial charge in [-0.2, -0.15) is 0 Å². The van der Waals surface area contributed by atoms with Crippen molar-refractivity contribution in [2.24, 2.45) is 5.73 Å². The maximum Gasteiger partial charge on any atom is 0.148 e. The lowest BCUT2D eigenvalue weighted by Crippen LogP contribution is -2.01. The summed E-state index contributed by atoms with van der Waals surface area (Å²) in [5.41, 5.74) is 7.84. The number of hydrogen-bond acceptors (Lipinski definition) is 4. The molecule has 2 rings (SSSR count). The Balaban J connectivity index is 2.38. The molecule has 0 amide bonds. The van der Waals surface area contributed by atoms with E-state index in [-0.39, 0.29) is 0 Å². The molecule has 0 unspecified atom stereocenters. The van der Waals surface area contributed by atoms with E-state index in [9.17, 15) is 0 Å². The van der Waals surface area contributed by atoms with Crippen LogP contribution in [0.15, 0.2) is 22.7 Å². The fourth-order valence-corrected chi connectivity index (χ4v) is 2.71. The molecule has 2 aromatic rings. The molecule has 1 heterocycles. The number of aryl methyl sites for hydroxylation is 1. The van der Waals surface area contributed by atoms with Gasteiger partial charge in [0.05, 0.1) is 0 Å². The van der Waals surface area contributed by atoms with E-state index in [1.165, 1.54) is 5.56 Å². The third kappa shape index (κ3) is 2.48. The summed E-state index contributed by atoms with van der Waals surface area (Å²) in [6, 6.07) is 6.17. The van der Waals surface area contributed by atoms with Crippen LogP contribution >= 0.6 is 27.3 Å². The van der Waals surface area contributed by atoms with E-state index < -0.39 is 0 Å². The first-order valence-corrected chi connectivity index (χ1v) is 6.60. The topological polar surface area (TPSA) is 51.8 Å². The third-order valence-corrected chi connectivity index (χ3v) is 3.76. The molecule has 1 aromatic carbocycles. The van der Waals surface area contributed by atoms with Crippen LogP contribution in [0.25, 0.3) is 10.6 Å². The normalized spacial score (nSPS) is 10.7. The molecule has 0 aliphatic carbocycles. The van der Waals surface area contributed by atoms with Crippen LogP contribution in [0.3, 0.4) is 0 Å². The molecule has 0 saturated carbocycles. The smallest absolute Gasteiger partial charge is 0.148 e. The largest absolute Gasteiger partial charge is 0.330 e. The van der Waals surface area contributed by atoms with Gasteiger partial charge in [0.1, 0.15) is 10.0 Å². The first-order valence-electron chi connectivity index (χ1n) is 4.99. The van der Waals surface area contributed by atoms with Crippen LogP contribution in [0.4, 0.5) is 0 Å². The maximum atomic E-state index is 5.49. The molecule has 0 aliphatic rings. The number of halogens is 1. The lowest BCUT2D eigenvalue weighted by molar-refractivity contribution is 0.913. The summed E-state index contributed by atoms with van der Waals surface area (Å²) in [5.74, 6) is 0. The summed E-state index contributed by atoms with van der Waals surface area (Å²) in [4.78, 5) is 0. The Bertz CT molecular complexity index is 496. The molecule has 0 aliphatic heterocycles. The second-order valence-corrected chi connectivity index (χ2v) is 5.48. The highest BCUT2D eigenvalue weighted by Crippen LogP contribution is 2.29. The number of hydrogen-bond donors (Lipinski definition) is 1. The minimum absolute atomic E-state index is 0.617. The molecule has 0 fully saturated rings. The zero-order valence-electron chi connectivity index (χ0n) is 8.90. The zero-order chi connectivity index (χ0) is 11.5. The SMILES string of the molecule is Cc1ccc(Br)cc1-c1nnc(CCN)s1. The highest BCUT2D eigenvalue weighted by molar-refractivity contribution is 9.10. The van der Waals surface area contributed by atoms with E-state index in [1.807, 2.05) is 6.07 Å². The van der Waals surface area contributed by atoms with Crippen molar-refractivity contribution in [2.45, 2.75) is 13.3 Å². The fraction of sp³-hybridized carbons (Fsp3) is 0.273. The minimum Gasteiger partial charge on any atom is -0.330 e. The molecule has 0 spiro atoms. The van der Waals surface area contributed by atoms with E-state index >= 15 is 0 Å². The van der Waals surface area contributed by atoms with Crippen LogP contribution in [0, 0.1) is 6.92 Å². The zero-order valence-corrected chi connectivity index (χ0v) is 11.3. The highest BCUT2D eigenvalue weighted by Gasteiger charge is 2.09. The average Bonchev–Trinajstić information content (AvgIpc) is 2.71. The molecule has 16 heavy (non-hydrogen) atoms. The van der Waals surface area contributed by atoms with Gasteiger partial charge in [-0.25, -0.2) is 0 Å². The Morgan fingerprint density at radius 1 is 1.38 bits per heavy atom. The molecule has 0 atom stereocenters. The quantitative estimate of drug-likeness (QED) is 0.948. The van der Waals surface area contributed by atoms with Crippen molar-refractivity contribution in [3.05, 3.63) is 33.2 Å². The molecule has 0 bridgehead atoms. The number of benzene rings is 1. The summed E-state index contributed by atoms with van der Waals surface area (Å²) in [6.45, 7) is 2.69. The predicted octanol–water partition coefficient (Wildman–Crippen LogP) is 2.78. The number of nitrogens with zero attached hydrogens (tertiary/aromatic N) is 2. The van der Waals surface area contributed by atoms with Gasteiger partial charge >= 0.3 is 0 Å². The van der Waals surface area contributed by atoms with Crippen LogP contribution < -0.4 is 5.73 Å². The van der Waals surface area contributed by atoms with Crippen LogP contribution in [-0.4, -0.2) is 16.7 Å². The predicted molar refractivity (Wildman–Crippen MR) is 70.5 cm³/mol. The molecule has 0 saturated heterocycles. The molecule has 84 valence electrons. The Morgan fingerprint density at radius 2 is 2.19 bits per heavy atom. The van der Waals surface area contributed by atoms with Crippen molar-refractivity contribution < 1.29 is 0 Å². The van der Waals surface area contributed by atoms with Gasteiger partial charge in [-0.3, -0.25) is 0 Å². The molecule has 1 aromatic heterocycles. The lowest BCUT2D eigenvalue weighted by atomic mass is 10.1. The van der Waals surface area contributed by atoms with Gasteiger partial charge in [-0.1, -0.05) is 33.3 Å². The average molecular weight is 298 g/mol. The van der Waals surface area contributed by atoms with E-state index in [0.717, 1.165) is 26.5 Å². The van der Waals surface area contributed by atoms with Gasteiger partial charge in [-0.15, -0.1) is 10.2 Å². The standard InChI is InChI=1S/C11H12BrN3S/c1-7-2-3-8(12)6-9(7)11-15-14-10(16-11)4-5-13/h2-3,6H,4-5,13H2,1H3. The van der Waals surface area contributed by atoms with Crippen molar-refractivity contribution in [3.8, 4) is 10.6 Å². The molecular formula is C11H12BrN3S. The second kappa shape index (κ2) is 5.03. The van der Waals surface area contributed by atoms with Crippen molar-refractivity contribution in [3.63, 3.8) is 0 Å². The Hall–Kier alpha value is -0.780. The molecule has 0 radical (unpaired) electrons. The van der Waals surface area contributed by atoms with Crippen molar-refractivity contribution in [2.75, 3.05) is 6.54 Å². The van der Waals surface area contributed by atoms with Gasteiger partial charge in [0.25, 0.3) is 0 Å². The second-order valence-electron chi connectivity index (χ2n) is 3.50. The fourth-order valence-electron chi connectivity index (χ4n) is 1.41. The maximum absolute atomic E-state index is 5.49. The van der Waals surface area contributed by atoms with Crippen molar-refractivity contribution >= 4 is 27.3 Å². The third-order valence-electron chi connectivity index (χ3n) is 2.26. The number of rotatable bonds is 3. The van der Waals surface area contributed by atoms with Gasteiger partial charge in [0.2, 0.25) is 0 Å². The van der Waals surface area contributed by atoms with E-state index in [2.05, 4.69) is 45.2 Å². The Kier molecular flexibility index (Phi) is 3.68. The molecule has 3 nitrogen and oxygen atoms in total. The lowest BCUT2D eigenvalue weighted by Gasteiger charge is -2.01. The first-order chi connectivity index (χ1) is 7.70. The van der Waals surface area contributed by atoms with E-state index in [4.69, 9.17) is 5.73 Å². The van der Waals surface area contributed by atoms with Crippen LogP contribution in [0.5, 0.6) is 0 Å². The minimum atomic E-state index is 0.617. The first kappa shape index (κ1) is 11.7. The van der Waals surface area contributed by atoms with Gasteiger partial charge < -0.3 is 5.73 Å². The molecule has 5 heteroatoms. The van der Waals surface area contributed by atoms with E-state index in [1.54, 1.807) is 11.3 Å². The summed E-state index contributed by atoms with van der Waals surface area (Å²) in [5, 5.41) is 10.3. The Morgan fingerprint density at radius 3 is 2.94 bits per heavy atom. The molecule has 2 N–H and O–H groups in total. The summed E-state index contributed by atoms with van der Waals surface area (Å²) >= 11 is 5.08. The van der Waals surface area contributed by atoms with Crippen LogP contribution in [0.1, 0.15) is 10.6 Å². The monoisotopic (exact) mass is 297 g/mol. The number of nitrogens with two attached hydrogens (primary N) is 1. The molecular weight excluding hydrogens is 286 g/mol. The Labute approximate surface area is 107 Å². The van der Waals surface area contributed by atoms with Crippen LogP contribution in [0.2, 0.25) is 0 Å². The summed E-state index contributed by atoms with van der Waals surface area (Å²) < 4.78 is 1.06. The van der Waals surface area contributed by atoms with Crippen LogP contribution in [-0.2, 0) is 6.42 Å². The van der Waals surface area contributed by atoms with E-state index in [0.29, 0.717) is 6.54 Å². The number of aromatic nitrogens is 2. The van der Waals surface area contributed by atoms with Gasteiger partial charge in [0, 0.05) is 16.5 Å². The summed E-state index contributed by atoms with van der Waals surface area (Å²) in [6.07, 6.45) is 0.796.